The first-order valence-corrected chi connectivity index (χ1v) is 5.05. The lowest BCUT2D eigenvalue weighted by atomic mass is 9.73. The van der Waals surface area contributed by atoms with Crippen molar-refractivity contribution in [3.05, 3.63) is 36.4 Å². The molecule has 0 saturated heterocycles. The Hall–Kier alpha value is -0.975. The molecule has 0 aliphatic heterocycles. The van der Waals surface area contributed by atoms with Crippen molar-refractivity contribution in [1.82, 2.24) is 0 Å². The van der Waals surface area contributed by atoms with Gasteiger partial charge in [0.1, 0.15) is 0 Å². The highest BCUT2D eigenvalue weighted by molar-refractivity contribution is 6.51. The molecule has 0 nitrogen and oxygen atoms in total. The van der Waals surface area contributed by atoms with Gasteiger partial charge in [-0.3, -0.25) is 0 Å². The van der Waals surface area contributed by atoms with E-state index < -0.39 is 0 Å². The third-order valence-corrected chi connectivity index (χ3v) is 2.32. The number of rotatable bonds is 4. The van der Waals surface area contributed by atoms with Gasteiger partial charge < -0.3 is 0 Å². The summed E-state index contributed by atoms with van der Waals surface area (Å²) in [6.45, 7) is 8.43. The van der Waals surface area contributed by atoms with Crippen molar-refractivity contribution < 1.29 is 0 Å². The van der Waals surface area contributed by atoms with Crippen molar-refractivity contribution in [2.45, 2.75) is 26.6 Å². The maximum Gasteiger partial charge on any atom is 0.154 e. The van der Waals surface area contributed by atoms with Crippen LogP contribution in [0.5, 0.6) is 0 Å². The van der Waals surface area contributed by atoms with Crippen LogP contribution in [0.2, 0.25) is 6.82 Å². The summed E-state index contributed by atoms with van der Waals surface area (Å²) in [5.41, 5.74) is 3.94. The van der Waals surface area contributed by atoms with E-state index in [1.165, 1.54) is 23.0 Å². The zero-order valence-electron chi connectivity index (χ0n) is 8.64. The van der Waals surface area contributed by atoms with Gasteiger partial charge in [-0.05, 0) is 17.6 Å². The second-order valence-electron chi connectivity index (χ2n) is 3.40. The molecular weight excluding hydrogens is 155 g/mol. The van der Waals surface area contributed by atoms with Gasteiger partial charge in [-0.15, -0.1) is 0 Å². The zero-order valence-corrected chi connectivity index (χ0v) is 8.64. The Bertz CT molecular complexity index is 272. The highest BCUT2D eigenvalue weighted by Crippen LogP contribution is 2.15. The predicted molar refractivity (Wildman–Crippen MR) is 63.0 cm³/mol. The summed E-state index contributed by atoms with van der Waals surface area (Å²) in [5, 5.41) is 0. The van der Waals surface area contributed by atoms with E-state index in [-0.39, 0.29) is 0 Å². The molecule has 0 saturated carbocycles. The lowest BCUT2D eigenvalue weighted by Crippen LogP contribution is -2.09. The molecule has 0 radical (unpaired) electrons. The Kier molecular flexibility index (Phi) is 3.82. The smallest absolute Gasteiger partial charge is 0.0952 e. The molecule has 68 valence electrons. The van der Waals surface area contributed by atoms with E-state index in [0.717, 1.165) is 13.7 Å². The van der Waals surface area contributed by atoms with Crippen LogP contribution in [-0.2, 0) is 0 Å². The average molecular weight is 172 g/mol. The fraction of sp³-hybridized carbons (Fsp3) is 0.333. The van der Waals surface area contributed by atoms with E-state index >= 15 is 0 Å². The Morgan fingerprint density at radius 3 is 2.38 bits per heavy atom. The summed E-state index contributed by atoms with van der Waals surface area (Å²) >= 11 is 0. The van der Waals surface area contributed by atoms with E-state index in [1.54, 1.807) is 0 Å². The molecular formula is C12H17B. The van der Waals surface area contributed by atoms with E-state index in [2.05, 4.69) is 44.6 Å². The molecule has 0 fully saturated rings. The molecule has 0 atom stereocenters. The van der Waals surface area contributed by atoms with Gasteiger partial charge in [0, 0.05) is 0 Å². The van der Waals surface area contributed by atoms with Crippen molar-refractivity contribution in [3.8, 4) is 0 Å². The minimum Gasteiger partial charge on any atom is -0.0952 e. The quantitative estimate of drug-likeness (QED) is 0.612. The molecule has 13 heavy (non-hydrogen) atoms. The van der Waals surface area contributed by atoms with Crippen LogP contribution in [0.3, 0.4) is 0 Å². The van der Waals surface area contributed by atoms with Crippen LogP contribution in [-0.4, -0.2) is 7.28 Å². The van der Waals surface area contributed by atoms with Gasteiger partial charge in [-0.1, -0.05) is 56.5 Å². The lowest BCUT2D eigenvalue weighted by molar-refractivity contribution is 0.975. The molecule has 1 aromatic rings. The molecule has 1 rings (SSSR count). The zero-order chi connectivity index (χ0) is 9.68. The summed E-state index contributed by atoms with van der Waals surface area (Å²) in [6.07, 6.45) is 2.28. The van der Waals surface area contributed by atoms with Crippen molar-refractivity contribution in [3.63, 3.8) is 0 Å². The molecule has 0 aliphatic carbocycles. The molecule has 0 amide bonds. The van der Waals surface area contributed by atoms with Crippen molar-refractivity contribution in [2.24, 2.45) is 0 Å². The van der Waals surface area contributed by atoms with Crippen molar-refractivity contribution >= 4 is 18.3 Å². The molecule has 0 spiro atoms. The maximum absolute atomic E-state index is 4.07. The number of hydrogen-bond acceptors (Lipinski definition) is 0. The largest absolute Gasteiger partial charge is 0.154 e. The summed E-state index contributed by atoms with van der Waals surface area (Å²) in [7, 11) is 1.11. The van der Waals surface area contributed by atoms with Gasteiger partial charge >= 0.3 is 0 Å². The monoisotopic (exact) mass is 172 g/mol. The lowest BCUT2D eigenvalue weighted by Gasteiger charge is -2.04. The minimum absolute atomic E-state index is 1.10. The van der Waals surface area contributed by atoms with E-state index in [9.17, 15) is 0 Å². The summed E-state index contributed by atoms with van der Waals surface area (Å²) in [5.74, 6) is 0. The molecule has 0 N–H and O–H groups in total. The summed E-state index contributed by atoms with van der Waals surface area (Å²) in [6, 6.07) is 8.74. The Morgan fingerprint density at radius 2 is 1.92 bits per heavy atom. The standard InChI is InChI=1S/C12H17B/c1-4-5-10(2)11-6-8-12(13-3)9-7-11/h6-9,13H,2,4-5H2,1,3H3. The highest BCUT2D eigenvalue weighted by atomic mass is 14.0. The Balaban J connectivity index is 2.74. The third-order valence-electron chi connectivity index (χ3n) is 2.32. The van der Waals surface area contributed by atoms with Gasteiger partial charge in [-0.2, -0.15) is 0 Å². The van der Waals surface area contributed by atoms with Crippen molar-refractivity contribution in [1.29, 1.82) is 0 Å². The topological polar surface area (TPSA) is 0 Å². The third kappa shape index (κ3) is 2.76. The highest BCUT2D eigenvalue weighted by Gasteiger charge is 1.97. The van der Waals surface area contributed by atoms with Gasteiger partial charge in [0.05, 0.1) is 0 Å². The normalized spacial score (nSPS) is 9.69. The van der Waals surface area contributed by atoms with Crippen LogP contribution in [0.1, 0.15) is 25.3 Å². The molecule has 1 heteroatoms. The predicted octanol–water partition coefficient (Wildman–Crippen LogP) is 2.61. The molecule has 0 aliphatic rings. The first-order valence-electron chi connectivity index (χ1n) is 5.05. The van der Waals surface area contributed by atoms with Crippen LogP contribution >= 0.6 is 0 Å². The van der Waals surface area contributed by atoms with Crippen LogP contribution in [0.25, 0.3) is 5.57 Å². The molecule has 0 heterocycles. The first kappa shape index (κ1) is 10.1. The van der Waals surface area contributed by atoms with Crippen LogP contribution in [0.4, 0.5) is 0 Å². The van der Waals surface area contributed by atoms with Crippen LogP contribution < -0.4 is 5.46 Å². The van der Waals surface area contributed by atoms with Crippen LogP contribution in [0.15, 0.2) is 30.8 Å². The fourth-order valence-electron chi connectivity index (χ4n) is 1.42. The van der Waals surface area contributed by atoms with Gasteiger partial charge in [-0.25, -0.2) is 0 Å². The minimum atomic E-state index is 1.10. The fourth-order valence-corrected chi connectivity index (χ4v) is 1.42. The van der Waals surface area contributed by atoms with Crippen molar-refractivity contribution in [2.75, 3.05) is 0 Å². The second kappa shape index (κ2) is 4.91. The van der Waals surface area contributed by atoms with Gasteiger partial charge in [0.2, 0.25) is 0 Å². The van der Waals surface area contributed by atoms with E-state index in [0.29, 0.717) is 0 Å². The molecule has 0 unspecified atom stereocenters. The second-order valence-corrected chi connectivity index (χ2v) is 3.40. The summed E-state index contributed by atoms with van der Waals surface area (Å²) < 4.78 is 0. The van der Waals surface area contributed by atoms with E-state index in [4.69, 9.17) is 0 Å². The molecule has 0 aromatic heterocycles. The molecule has 0 bridgehead atoms. The first-order chi connectivity index (χ1) is 6.27. The number of benzene rings is 1. The summed E-state index contributed by atoms with van der Waals surface area (Å²) in [4.78, 5) is 0. The van der Waals surface area contributed by atoms with Gasteiger partial charge in [0.25, 0.3) is 0 Å². The van der Waals surface area contributed by atoms with Crippen LogP contribution in [0, 0.1) is 0 Å². The SMILES string of the molecule is C=C(CCC)c1ccc(BC)cc1. The maximum atomic E-state index is 4.07. The number of hydrogen-bond donors (Lipinski definition) is 0. The van der Waals surface area contributed by atoms with Gasteiger partial charge in [0.15, 0.2) is 7.28 Å². The number of allylic oxidation sites excluding steroid dienone is 1. The van der Waals surface area contributed by atoms with E-state index in [1.807, 2.05) is 0 Å². The molecule has 1 aromatic carbocycles. The average Bonchev–Trinajstić information content (AvgIpc) is 2.18. The Morgan fingerprint density at radius 1 is 1.31 bits per heavy atom. The Labute approximate surface area is 81.9 Å².